The van der Waals surface area contributed by atoms with Crippen LogP contribution in [0.5, 0.6) is 11.5 Å². The second-order valence-corrected chi connectivity index (χ2v) is 18.2. The Hall–Kier alpha value is -5.44. The van der Waals surface area contributed by atoms with Gasteiger partial charge in [-0.2, -0.15) is 8.78 Å². The summed E-state index contributed by atoms with van der Waals surface area (Å²) in [4.78, 5) is 64.7. The Morgan fingerprint density at radius 3 is 2.19 bits per heavy atom. The van der Waals surface area contributed by atoms with Crippen molar-refractivity contribution in [3.63, 3.8) is 0 Å². The Morgan fingerprint density at radius 1 is 0.889 bits per heavy atom. The van der Waals surface area contributed by atoms with Gasteiger partial charge in [0.2, 0.25) is 17.7 Å². The van der Waals surface area contributed by atoms with Crippen LogP contribution in [0.3, 0.4) is 0 Å². The van der Waals surface area contributed by atoms with E-state index in [1.54, 1.807) is 28.6 Å². The Kier molecular flexibility index (Phi) is 18.0. The van der Waals surface area contributed by atoms with Crippen LogP contribution in [0.2, 0.25) is 0 Å². The SMILES string of the molecule is Cc1cncc(C)c1NC(=O)c1ccc(OC(F)F)c(OCCCCCCCCCCC(=O)NC(C(=O)N2CCCC2C(=O)NCc2ccc(-c3scnc3C)cc2)C(C)(C)C)c1. The van der Waals surface area contributed by atoms with Gasteiger partial charge in [0.05, 0.1) is 22.7 Å². The zero-order valence-electron chi connectivity index (χ0n) is 37.4. The number of aromatic nitrogens is 2. The number of benzene rings is 2. The van der Waals surface area contributed by atoms with E-state index in [2.05, 4.69) is 30.7 Å². The summed E-state index contributed by atoms with van der Waals surface area (Å²) in [6.45, 7) is 9.49. The van der Waals surface area contributed by atoms with Crippen molar-refractivity contribution in [2.75, 3.05) is 18.5 Å². The van der Waals surface area contributed by atoms with Gasteiger partial charge < -0.3 is 30.3 Å². The molecule has 340 valence electrons. The third-order valence-electron chi connectivity index (χ3n) is 11.2. The van der Waals surface area contributed by atoms with Crippen LogP contribution in [-0.2, 0) is 20.9 Å². The molecule has 0 aliphatic carbocycles. The highest BCUT2D eigenvalue weighted by atomic mass is 32.1. The number of unbranched alkanes of at least 4 members (excludes halogenated alkanes) is 7. The van der Waals surface area contributed by atoms with Crippen LogP contribution in [0, 0.1) is 26.2 Å². The number of anilines is 1. The number of nitrogens with zero attached hydrogens (tertiary/aromatic N) is 3. The fourth-order valence-electron chi connectivity index (χ4n) is 7.68. The lowest BCUT2D eigenvalue weighted by Gasteiger charge is -2.35. The molecule has 63 heavy (non-hydrogen) atoms. The third-order valence-corrected chi connectivity index (χ3v) is 12.2. The molecule has 12 nitrogen and oxygen atoms in total. The van der Waals surface area contributed by atoms with Crippen LogP contribution >= 0.6 is 11.3 Å². The Labute approximate surface area is 374 Å². The largest absolute Gasteiger partial charge is 0.490 e. The van der Waals surface area contributed by atoms with Crippen LogP contribution in [0.4, 0.5) is 14.5 Å². The van der Waals surface area contributed by atoms with E-state index in [0.29, 0.717) is 44.5 Å². The molecule has 2 aromatic carbocycles. The van der Waals surface area contributed by atoms with Gasteiger partial charge in [0.15, 0.2) is 11.5 Å². The number of carbonyl (C=O) groups excluding carboxylic acids is 4. The first kappa shape index (κ1) is 48.6. The lowest BCUT2D eigenvalue weighted by molar-refractivity contribution is -0.143. The quantitative estimate of drug-likeness (QED) is 0.0660. The number of alkyl halides is 2. The molecular weight excluding hydrogens is 827 g/mol. The predicted octanol–water partition coefficient (Wildman–Crippen LogP) is 9.71. The highest BCUT2D eigenvalue weighted by Crippen LogP contribution is 2.32. The molecule has 2 atom stereocenters. The lowest BCUT2D eigenvalue weighted by atomic mass is 9.85. The molecule has 1 aliphatic rings. The van der Waals surface area contributed by atoms with Crippen LogP contribution < -0.4 is 25.4 Å². The third kappa shape index (κ3) is 14.3. The van der Waals surface area contributed by atoms with Crippen molar-refractivity contribution < 1.29 is 37.4 Å². The van der Waals surface area contributed by atoms with Gasteiger partial charge in [-0.3, -0.25) is 24.2 Å². The van der Waals surface area contributed by atoms with Gasteiger partial charge in [-0.1, -0.05) is 83.6 Å². The van der Waals surface area contributed by atoms with Crippen molar-refractivity contribution in [3.8, 4) is 21.9 Å². The summed E-state index contributed by atoms with van der Waals surface area (Å²) in [5.41, 5.74) is 6.80. The smallest absolute Gasteiger partial charge is 0.387 e. The van der Waals surface area contributed by atoms with Crippen molar-refractivity contribution in [2.45, 2.75) is 137 Å². The Balaban J connectivity index is 0.979. The second kappa shape index (κ2) is 23.3. The van der Waals surface area contributed by atoms with Crippen molar-refractivity contribution in [3.05, 3.63) is 88.3 Å². The van der Waals surface area contributed by atoms with E-state index in [0.717, 1.165) is 77.8 Å². The first-order valence-electron chi connectivity index (χ1n) is 21.9. The molecule has 5 rings (SSSR count). The summed E-state index contributed by atoms with van der Waals surface area (Å²) < 4.78 is 36.7. The van der Waals surface area contributed by atoms with E-state index < -0.39 is 30.0 Å². The molecule has 3 N–H and O–H groups in total. The maximum Gasteiger partial charge on any atom is 0.387 e. The van der Waals surface area contributed by atoms with Crippen LogP contribution in [0.1, 0.15) is 124 Å². The number of likely N-dealkylation sites (tertiary alicyclic amines) is 1. The van der Waals surface area contributed by atoms with Gasteiger partial charge >= 0.3 is 6.61 Å². The normalized spacial score (nSPS) is 14.4. The average Bonchev–Trinajstić information content (AvgIpc) is 3.92. The molecule has 4 aromatic rings. The number of aryl methyl sites for hydroxylation is 3. The van der Waals surface area contributed by atoms with Gasteiger partial charge in [-0.25, -0.2) is 4.98 Å². The maximum absolute atomic E-state index is 13.9. The molecular formula is C48H62F2N6O6S. The van der Waals surface area contributed by atoms with E-state index in [4.69, 9.17) is 4.74 Å². The van der Waals surface area contributed by atoms with Crippen molar-refractivity contribution in [1.82, 2.24) is 25.5 Å². The lowest BCUT2D eigenvalue weighted by Crippen LogP contribution is -2.57. The molecule has 15 heteroatoms. The molecule has 4 amide bonds. The average molecular weight is 889 g/mol. The van der Waals surface area contributed by atoms with Gasteiger partial charge in [0, 0.05) is 43.2 Å². The maximum atomic E-state index is 13.9. The molecule has 0 saturated carbocycles. The van der Waals surface area contributed by atoms with Crippen molar-refractivity contribution in [1.29, 1.82) is 0 Å². The summed E-state index contributed by atoms with van der Waals surface area (Å²) in [5.74, 6) is -1.06. The topological polar surface area (TPSA) is 152 Å². The van der Waals surface area contributed by atoms with Gasteiger partial charge in [0.25, 0.3) is 5.91 Å². The minimum absolute atomic E-state index is 0.0769. The number of amides is 4. The predicted molar refractivity (Wildman–Crippen MR) is 242 cm³/mol. The fourth-order valence-corrected chi connectivity index (χ4v) is 8.49. The molecule has 2 aromatic heterocycles. The summed E-state index contributed by atoms with van der Waals surface area (Å²) in [5, 5.41) is 8.90. The highest BCUT2D eigenvalue weighted by Gasteiger charge is 2.41. The fraction of sp³-hybridized carbons (Fsp3) is 0.500. The number of hydrogen-bond acceptors (Lipinski definition) is 9. The standard InChI is InChI=1S/C48H62F2N6O6S/c1-31-27-51-28-32(2)41(31)55-44(58)36-22-23-38(62-47(49)50)39(26-36)61-25-14-12-10-8-7-9-11-13-17-40(57)54-43(48(4,5)6)46(60)56-24-15-16-37(56)45(59)52-29-34-18-20-35(21-19-34)42-33(3)53-30-63-42/h18-23,26-28,30,37,43,47H,7-17,24-25,29H2,1-6H3,(H,52,59)(H,54,57)(H,51,55,58). The molecule has 3 heterocycles. The summed E-state index contributed by atoms with van der Waals surface area (Å²) in [6.07, 6.45) is 12.0. The molecule has 0 bridgehead atoms. The number of nitrogens with one attached hydrogen (secondary N) is 3. The first-order chi connectivity index (χ1) is 30.1. The zero-order chi connectivity index (χ0) is 45.5. The van der Waals surface area contributed by atoms with Gasteiger partial charge in [0.1, 0.15) is 12.1 Å². The van der Waals surface area contributed by atoms with Crippen molar-refractivity contribution >= 4 is 40.7 Å². The molecule has 2 unspecified atom stereocenters. The van der Waals surface area contributed by atoms with Crippen LogP contribution in [0.15, 0.2) is 60.4 Å². The molecule has 0 spiro atoms. The Bertz CT molecular complexity index is 2140. The first-order valence-corrected chi connectivity index (χ1v) is 22.8. The van der Waals surface area contributed by atoms with Crippen molar-refractivity contribution in [2.24, 2.45) is 5.41 Å². The minimum atomic E-state index is -3.04. The summed E-state index contributed by atoms with van der Waals surface area (Å²) in [6, 6.07) is 10.8. The number of ether oxygens (including phenoxy) is 2. The van der Waals surface area contributed by atoms with Crippen LogP contribution in [0.25, 0.3) is 10.4 Å². The summed E-state index contributed by atoms with van der Waals surface area (Å²) >= 11 is 1.59. The number of carbonyl (C=O) groups is 4. The second-order valence-electron chi connectivity index (χ2n) is 17.3. The van der Waals surface area contributed by atoms with E-state index >= 15 is 0 Å². The molecule has 1 aliphatic heterocycles. The summed E-state index contributed by atoms with van der Waals surface area (Å²) in [7, 11) is 0. The van der Waals surface area contributed by atoms with E-state index in [-0.39, 0.29) is 41.4 Å². The van der Waals surface area contributed by atoms with E-state index in [1.165, 1.54) is 18.2 Å². The minimum Gasteiger partial charge on any atom is -0.490 e. The number of halogens is 2. The molecule has 1 saturated heterocycles. The molecule has 0 radical (unpaired) electrons. The van der Waals surface area contributed by atoms with E-state index in [1.807, 2.05) is 71.3 Å². The van der Waals surface area contributed by atoms with Gasteiger partial charge in [-0.15, -0.1) is 11.3 Å². The monoisotopic (exact) mass is 888 g/mol. The number of hydrogen-bond donors (Lipinski definition) is 3. The zero-order valence-corrected chi connectivity index (χ0v) is 38.2. The number of thiazole rings is 1. The molecule has 1 fully saturated rings. The number of pyridine rings is 1. The van der Waals surface area contributed by atoms with Crippen LogP contribution in [-0.4, -0.2) is 70.3 Å². The number of rotatable bonds is 22. The van der Waals surface area contributed by atoms with E-state index in [9.17, 15) is 28.0 Å². The van der Waals surface area contributed by atoms with Gasteiger partial charge in [-0.05, 0) is 92.3 Å². The highest BCUT2D eigenvalue weighted by molar-refractivity contribution is 7.13. The Morgan fingerprint density at radius 2 is 1.56 bits per heavy atom.